The molecule has 0 aliphatic carbocycles. The maximum absolute atomic E-state index is 11.9. The molecular weight excluding hydrogens is 272 g/mol. The smallest absolute Gasteiger partial charge is 0.256 e. The highest BCUT2D eigenvalue weighted by molar-refractivity contribution is 5.94. The van der Waals surface area contributed by atoms with Crippen LogP contribution >= 0.6 is 0 Å². The molecule has 3 N–H and O–H groups in total. The van der Waals surface area contributed by atoms with Gasteiger partial charge >= 0.3 is 0 Å². The van der Waals surface area contributed by atoms with Gasteiger partial charge in [-0.05, 0) is 31.2 Å². The van der Waals surface area contributed by atoms with Crippen LogP contribution in [0.1, 0.15) is 15.9 Å². The molecule has 0 saturated carbocycles. The van der Waals surface area contributed by atoms with Gasteiger partial charge in [-0.25, -0.2) is 4.98 Å². The van der Waals surface area contributed by atoms with E-state index in [1.807, 2.05) is 0 Å². The first-order chi connectivity index (χ1) is 9.97. The lowest BCUT2D eigenvalue weighted by molar-refractivity contribution is -0.116. The predicted octanol–water partition coefficient (Wildman–Crippen LogP) is 0.289. The minimum atomic E-state index is -0.537. The number of nitrogens with two attached hydrogens (primary N) is 1. The number of carbonyl (C=O) groups excluding carboxylic acids is 2. The molecule has 0 unspecified atom stereocenters. The van der Waals surface area contributed by atoms with Crippen LogP contribution in [0.4, 0.5) is 5.69 Å². The summed E-state index contributed by atoms with van der Waals surface area (Å²) in [5.74, 6) is -0.901. The van der Waals surface area contributed by atoms with Gasteiger partial charge in [-0.3, -0.25) is 19.0 Å². The minimum Gasteiger partial charge on any atom is -0.366 e. The van der Waals surface area contributed by atoms with Gasteiger partial charge in [-0.15, -0.1) is 0 Å². The molecule has 0 radical (unpaired) electrons. The van der Waals surface area contributed by atoms with Crippen LogP contribution in [0.2, 0.25) is 0 Å². The number of hydrogen-bond acceptors (Lipinski definition) is 4. The molecule has 0 aliphatic rings. The van der Waals surface area contributed by atoms with Crippen LogP contribution in [0.5, 0.6) is 0 Å². The summed E-state index contributed by atoms with van der Waals surface area (Å²) in [5, 5.41) is 2.62. The fourth-order valence-corrected chi connectivity index (χ4v) is 1.75. The molecule has 2 aromatic rings. The van der Waals surface area contributed by atoms with E-state index in [4.69, 9.17) is 5.73 Å². The molecule has 21 heavy (non-hydrogen) atoms. The van der Waals surface area contributed by atoms with Crippen molar-refractivity contribution in [1.29, 1.82) is 0 Å². The average Bonchev–Trinajstić information content (AvgIpc) is 2.44. The number of anilines is 1. The lowest BCUT2D eigenvalue weighted by atomic mass is 10.2. The Morgan fingerprint density at radius 2 is 1.95 bits per heavy atom. The number of benzene rings is 1. The number of amides is 2. The van der Waals surface area contributed by atoms with E-state index in [9.17, 15) is 14.4 Å². The van der Waals surface area contributed by atoms with Crippen molar-refractivity contribution >= 4 is 17.5 Å². The monoisotopic (exact) mass is 286 g/mol. The summed E-state index contributed by atoms with van der Waals surface area (Å²) in [6.45, 7) is 1.50. The first-order valence-electron chi connectivity index (χ1n) is 6.18. The summed E-state index contributed by atoms with van der Waals surface area (Å²) in [4.78, 5) is 38.4. The van der Waals surface area contributed by atoms with E-state index >= 15 is 0 Å². The van der Waals surface area contributed by atoms with Crippen molar-refractivity contribution in [3.05, 3.63) is 58.3 Å². The molecule has 0 spiro atoms. The number of aromatic nitrogens is 2. The van der Waals surface area contributed by atoms with E-state index in [2.05, 4.69) is 10.3 Å². The summed E-state index contributed by atoms with van der Waals surface area (Å²) in [7, 11) is 0. The predicted molar refractivity (Wildman–Crippen MR) is 76.8 cm³/mol. The van der Waals surface area contributed by atoms with Crippen LogP contribution in [0.3, 0.4) is 0 Å². The average molecular weight is 286 g/mol. The van der Waals surface area contributed by atoms with Gasteiger partial charge in [0, 0.05) is 23.0 Å². The molecule has 0 saturated heterocycles. The van der Waals surface area contributed by atoms with E-state index in [-0.39, 0.29) is 18.0 Å². The van der Waals surface area contributed by atoms with Crippen LogP contribution in [0, 0.1) is 6.92 Å². The van der Waals surface area contributed by atoms with Gasteiger partial charge in [0.05, 0.1) is 6.33 Å². The number of rotatable bonds is 4. The van der Waals surface area contributed by atoms with E-state index in [1.165, 1.54) is 29.2 Å². The molecule has 108 valence electrons. The zero-order valence-corrected chi connectivity index (χ0v) is 11.4. The van der Waals surface area contributed by atoms with Crippen molar-refractivity contribution < 1.29 is 9.59 Å². The lowest BCUT2D eigenvalue weighted by Crippen LogP contribution is -2.28. The molecule has 7 nitrogen and oxygen atoms in total. The van der Waals surface area contributed by atoms with Crippen LogP contribution in [-0.4, -0.2) is 21.4 Å². The topological polar surface area (TPSA) is 107 Å². The Hall–Kier alpha value is -2.96. The van der Waals surface area contributed by atoms with Gasteiger partial charge in [0.25, 0.3) is 5.56 Å². The summed E-state index contributed by atoms with van der Waals surface area (Å²) in [5.41, 5.74) is 6.20. The third kappa shape index (κ3) is 3.53. The number of hydrogen-bond donors (Lipinski definition) is 2. The molecule has 0 fully saturated rings. The molecular formula is C14H14N4O3. The number of primary amides is 1. The van der Waals surface area contributed by atoms with E-state index in [0.717, 1.165) is 0 Å². The second-order valence-electron chi connectivity index (χ2n) is 4.50. The molecule has 0 aliphatic heterocycles. The van der Waals surface area contributed by atoms with Crippen molar-refractivity contribution in [2.75, 3.05) is 5.32 Å². The molecule has 1 aromatic carbocycles. The normalized spacial score (nSPS) is 10.1. The van der Waals surface area contributed by atoms with Gasteiger partial charge in [0.15, 0.2) is 0 Å². The van der Waals surface area contributed by atoms with Gasteiger partial charge in [0.1, 0.15) is 6.54 Å². The molecule has 7 heteroatoms. The zero-order chi connectivity index (χ0) is 15.4. The van der Waals surface area contributed by atoms with Gasteiger partial charge in [0.2, 0.25) is 11.8 Å². The van der Waals surface area contributed by atoms with Crippen molar-refractivity contribution in [3.63, 3.8) is 0 Å². The molecule has 0 atom stereocenters. The van der Waals surface area contributed by atoms with Crippen molar-refractivity contribution in [3.8, 4) is 0 Å². The van der Waals surface area contributed by atoms with Crippen LogP contribution in [0.15, 0.2) is 41.6 Å². The third-order valence-electron chi connectivity index (χ3n) is 2.84. The lowest BCUT2D eigenvalue weighted by Gasteiger charge is -2.07. The number of nitrogens with zero attached hydrogens (tertiary/aromatic N) is 2. The third-order valence-corrected chi connectivity index (χ3v) is 2.84. The zero-order valence-electron chi connectivity index (χ0n) is 11.4. The molecule has 1 aromatic heterocycles. The largest absolute Gasteiger partial charge is 0.366 e. The minimum absolute atomic E-state index is 0.134. The maximum Gasteiger partial charge on any atom is 0.256 e. The number of aryl methyl sites for hydroxylation is 1. The second kappa shape index (κ2) is 6.00. The number of carbonyl (C=O) groups is 2. The molecule has 1 heterocycles. The summed E-state index contributed by atoms with van der Waals surface area (Å²) in [6, 6.07) is 6.15. The standard InChI is InChI=1S/C14H14N4O3/c1-9-6-16-8-18(14(9)21)7-12(19)17-11-4-2-10(3-5-11)13(15)20/h2-6,8H,7H2,1H3,(H2,15,20)(H,17,19). The Balaban J connectivity index is 2.06. The number of nitrogens with one attached hydrogen (secondary N) is 1. The van der Waals surface area contributed by atoms with E-state index in [1.54, 1.807) is 19.1 Å². The van der Waals surface area contributed by atoms with E-state index in [0.29, 0.717) is 16.8 Å². The SMILES string of the molecule is Cc1cncn(CC(=O)Nc2ccc(C(N)=O)cc2)c1=O. The fraction of sp³-hybridized carbons (Fsp3) is 0.143. The second-order valence-corrected chi connectivity index (χ2v) is 4.50. The maximum atomic E-state index is 11.9. The Labute approximate surface area is 120 Å². The summed E-state index contributed by atoms with van der Waals surface area (Å²) < 4.78 is 1.22. The summed E-state index contributed by atoms with van der Waals surface area (Å²) in [6.07, 6.45) is 2.75. The molecule has 2 amide bonds. The summed E-state index contributed by atoms with van der Waals surface area (Å²) >= 11 is 0. The van der Waals surface area contributed by atoms with Crippen molar-refractivity contribution in [1.82, 2.24) is 9.55 Å². The first-order valence-corrected chi connectivity index (χ1v) is 6.18. The van der Waals surface area contributed by atoms with Crippen molar-refractivity contribution in [2.24, 2.45) is 5.73 Å². The van der Waals surface area contributed by atoms with Gasteiger partial charge in [-0.1, -0.05) is 0 Å². The fourth-order valence-electron chi connectivity index (χ4n) is 1.75. The molecule has 2 rings (SSSR count). The molecule has 0 bridgehead atoms. The van der Waals surface area contributed by atoms with Gasteiger partial charge in [-0.2, -0.15) is 0 Å². The Morgan fingerprint density at radius 1 is 1.29 bits per heavy atom. The van der Waals surface area contributed by atoms with E-state index < -0.39 is 5.91 Å². The van der Waals surface area contributed by atoms with Crippen molar-refractivity contribution in [2.45, 2.75) is 13.5 Å². The highest BCUT2D eigenvalue weighted by Crippen LogP contribution is 2.09. The Kier molecular flexibility index (Phi) is 4.13. The Morgan fingerprint density at radius 3 is 2.57 bits per heavy atom. The highest BCUT2D eigenvalue weighted by atomic mass is 16.2. The van der Waals surface area contributed by atoms with Gasteiger partial charge < -0.3 is 11.1 Å². The van der Waals surface area contributed by atoms with Crippen LogP contribution in [0.25, 0.3) is 0 Å². The van der Waals surface area contributed by atoms with Crippen LogP contribution < -0.4 is 16.6 Å². The van der Waals surface area contributed by atoms with Crippen LogP contribution in [-0.2, 0) is 11.3 Å². The first kappa shape index (κ1) is 14.4. The quantitative estimate of drug-likeness (QED) is 0.842. The Bertz CT molecular complexity index is 735. The highest BCUT2D eigenvalue weighted by Gasteiger charge is 2.07.